The summed E-state index contributed by atoms with van der Waals surface area (Å²) in [6.45, 7) is 3.20. The third kappa shape index (κ3) is 2.45. The van der Waals surface area contributed by atoms with Crippen LogP contribution in [-0.2, 0) is 20.1 Å². The largest absolute Gasteiger partial charge is 0.345 e. The van der Waals surface area contributed by atoms with Crippen molar-refractivity contribution in [3.05, 3.63) is 34.3 Å². The summed E-state index contributed by atoms with van der Waals surface area (Å²) in [6.07, 6.45) is 3.33. The molecule has 2 aromatic heterocycles. The molecule has 0 aliphatic carbocycles. The van der Waals surface area contributed by atoms with Crippen LogP contribution < -0.4 is 5.32 Å². The molecule has 0 aromatic carbocycles. The highest BCUT2D eigenvalue weighted by molar-refractivity contribution is 9.10. The van der Waals surface area contributed by atoms with Gasteiger partial charge in [-0.2, -0.15) is 10.2 Å². The second kappa shape index (κ2) is 5.34. The Labute approximate surface area is 113 Å². The zero-order valence-corrected chi connectivity index (χ0v) is 11.8. The molecule has 96 valence electrons. The van der Waals surface area contributed by atoms with E-state index in [0.29, 0.717) is 12.2 Å². The van der Waals surface area contributed by atoms with E-state index in [4.69, 9.17) is 0 Å². The first kappa shape index (κ1) is 12.8. The average Bonchev–Trinajstić information content (AvgIpc) is 2.92. The smallest absolute Gasteiger partial charge is 0.269 e. The lowest BCUT2D eigenvalue weighted by atomic mass is 10.3. The van der Waals surface area contributed by atoms with E-state index >= 15 is 0 Å². The van der Waals surface area contributed by atoms with Gasteiger partial charge < -0.3 is 5.32 Å². The van der Waals surface area contributed by atoms with Crippen molar-refractivity contribution in [1.29, 1.82) is 0 Å². The molecule has 0 bridgehead atoms. The van der Waals surface area contributed by atoms with Gasteiger partial charge in [-0.3, -0.25) is 14.2 Å². The fourth-order valence-corrected chi connectivity index (χ4v) is 2.12. The molecule has 0 unspecified atom stereocenters. The number of aromatic nitrogens is 4. The number of hydrogen-bond donors (Lipinski definition) is 1. The number of halogens is 1. The van der Waals surface area contributed by atoms with Gasteiger partial charge in [0.05, 0.1) is 22.9 Å². The number of nitrogens with one attached hydrogen (secondary N) is 1. The Kier molecular flexibility index (Phi) is 3.81. The number of carbonyl (C=O) groups is 1. The lowest BCUT2D eigenvalue weighted by Crippen LogP contribution is -2.26. The molecule has 6 nitrogen and oxygen atoms in total. The van der Waals surface area contributed by atoms with Crippen molar-refractivity contribution in [3.63, 3.8) is 0 Å². The first-order chi connectivity index (χ1) is 8.63. The molecule has 18 heavy (non-hydrogen) atoms. The Bertz CT molecular complexity index is 560. The normalized spacial score (nSPS) is 10.6. The van der Waals surface area contributed by atoms with Gasteiger partial charge in [0.15, 0.2) is 0 Å². The first-order valence-corrected chi connectivity index (χ1v) is 6.39. The zero-order valence-electron chi connectivity index (χ0n) is 10.2. The molecular formula is C11H14BrN5O. The molecule has 0 aliphatic heterocycles. The molecule has 0 radical (unpaired) electrons. The maximum atomic E-state index is 11.9. The van der Waals surface area contributed by atoms with E-state index in [-0.39, 0.29) is 5.91 Å². The lowest BCUT2D eigenvalue weighted by molar-refractivity contribution is 0.0940. The molecule has 0 saturated heterocycles. The molecule has 1 amide bonds. The highest BCUT2D eigenvalue weighted by Gasteiger charge is 2.12. The lowest BCUT2D eigenvalue weighted by Gasteiger charge is -2.08. The highest BCUT2D eigenvalue weighted by Crippen LogP contribution is 2.15. The summed E-state index contributed by atoms with van der Waals surface area (Å²) in [5.74, 6) is -0.147. The third-order valence-corrected chi connectivity index (χ3v) is 3.33. The summed E-state index contributed by atoms with van der Waals surface area (Å²) in [6, 6.07) is 1.68. The minimum Gasteiger partial charge on any atom is -0.345 e. The van der Waals surface area contributed by atoms with E-state index in [9.17, 15) is 4.79 Å². The number of amides is 1. The molecule has 2 rings (SSSR count). The number of rotatable bonds is 4. The van der Waals surface area contributed by atoms with E-state index in [2.05, 4.69) is 31.4 Å². The standard InChI is InChI=1S/C11H14BrN5O/c1-3-17-10(8(12)6-15-17)7-13-11(18)9-4-5-14-16(9)2/h4-6H,3,7H2,1-2H3,(H,13,18). The van der Waals surface area contributed by atoms with Crippen LogP contribution in [0.2, 0.25) is 0 Å². The fraction of sp³-hybridized carbons (Fsp3) is 0.364. The Morgan fingerprint density at radius 1 is 1.50 bits per heavy atom. The van der Waals surface area contributed by atoms with Gasteiger partial charge in [-0.05, 0) is 28.9 Å². The van der Waals surface area contributed by atoms with Crippen LogP contribution >= 0.6 is 15.9 Å². The van der Waals surface area contributed by atoms with Gasteiger partial charge in [0.2, 0.25) is 0 Å². The van der Waals surface area contributed by atoms with Crippen molar-refractivity contribution in [1.82, 2.24) is 24.9 Å². The van der Waals surface area contributed by atoms with Crippen LogP contribution in [0.4, 0.5) is 0 Å². The second-order valence-electron chi connectivity index (χ2n) is 3.78. The predicted molar refractivity (Wildman–Crippen MR) is 70.0 cm³/mol. The molecule has 0 saturated carbocycles. The quantitative estimate of drug-likeness (QED) is 0.926. The third-order valence-electron chi connectivity index (χ3n) is 2.67. The van der Waals surface area contributed by atoms with Crippen molar-refractivity contribution < 1.29 is 4.79 Å². The molecule has 2 aromatic rings. The molecule has 7 heteroatoms. The van der Waals surface area contributed by atoms with Crippen LogP contribution in [0.1, 0.15) is 23.1 Å². The Balaban J connectivity index is 2.06. The summed E-state index contributed by atoms with van der Waals surface area (Å²) in [7, 11) is 1.74. The molecule has 0 spiro atoms. The van der Waals surface area contributed by atoms with Crippen molar-refractivity contribution >= 4 is 21.8 Å². The average molecular weight is 312 g/mol. The van der Waals surface area contributed by atoms with Crippen LogP contribution in [0.25, 0.3) is 0 Å². The van der Waals surface area contributed by atoms with Crippen LogP contribution in [0.15, 0.2) is 22.9 Å². The monoisotopic (exact) mass is 311 g/mol. The molecule has 1 N–H and O–H groups in total. The van der Waals surface area contributed by atoms with Crippen LogP contribution in [0.3, 0.4) is 0 Å². The van der Waals surface area contributed by atoms with Gasteiger partial charge in [0, 0.05) is 19.8 Å². The fourth-order valence-electron chi connectivity index (χ4n) is 1.69. The number of hydrogen-bond acceptors (Lipinski definition) is 3. The number of aryl methyl sites for hydroxylation is 2. The van der Waals surface area contributed by atoms with E-state index in [1.807, 2.05) is 11.6 Å². The maximum absolute atomic E-state index is 11.9. The number of nitrogens with zero attached hydrogens (tertiary/aromatic N) is 4. The molecule has 2 heterocycles. The Morgan fingerprint density at radius 2 is 2.28 bits per heavy atom. The van der Waals surface area contributed by atoms with Crippen molar-refractivity contribution in [2.24, 2.45) is 7.05 Å². The molecule has 0 fully saturated rings. The van der Waals surface area contributed by atoms with E-state index in [1.165, 1.54) is 0 Å². The van der Waals surface area contributed by atoms with Gasteiger partial charge in [0.25, 0.3) is 5.91 Å². The Hall–Kier alpha value is -1.63. The topological polar surface area (TPSA) is 64.7 Å². The van der Waals surface area contributed by atoms with Crippen LogP contribution in [-0.4, -0.2) is 25.5 Å². The summed E-state index contributed by atoms with van der Waals surface area (Å²) >= 11 is 3.42. The van der Waals surface area contributed by atoms with Crippen molar-refractivity contribution in [3.8, 4) is 0 Å². The van der Waals surface area contributed by atoms with E-state index in [0.717, 1.165) is 16.7 Å². The summed E-state index contributed by atoms with van der Waals surface area (Å²) in [5.41, 5.74) is 1.49. The van der Waals surface area contributed by atoms with Gasteiger partial charge in [0.1, 0.15) is 5.69 Å². The molecule has 0 atom stereocenters. The minimum absolute atomic E-state index is 0.147. The first-order valence-electron chi connectivity index (χ1n) is 5.60. The zero-order chi connectivity index (χ0) is 13.1. The summed E-state index contributed by atoms with van der Waals surface area (Å²) in [5, 5.41) is 11.0. The maximum Gasteiger partial charge on any atom is 0.269 e. The van der Waals surface area contributed by atoms with Gasteiger partial charge in [-0.15, -0.1) is 0 Å². The summed E-state index contributed by atoms with van der Waals surface area (Å²) in [4.78, 5) is 11.9. The second-order valence-corrected chi connectivity index (χ2v) is 4.63. The minimum atomic E-state index is -0.147. The number of carbonyl (C=O) groups excluding carboxylic acids is 1. The van der Waals surface area contributed by atoms with Crippen LogP contribution in [0.5, 0.6) is 0 Å². The molecule has 0 aliphatic rings. The van der Waals surface area contributed by atoms with Crippen molar-refractivity contribution in [2.45, 2.75) is 20.0 Å². The van der Waals surface area contributed by atoms with E-state index < -0.39 is 0 Å². The predicted octanol–water partition coefficient (Wildman–Crippen LogP) is 1.33. The van der Waals surface area contributed by atoms with Crippen molar-refractivity contribution in [2.75, 3.05) is 0 Å². The highest BCUT2D eigenvalue weighted by atomic mass is 79.9. The van der Waals surface area contributed by atoms with Gasteiger partial charge in [-0.25, -0.2) is 0 Å². The van der Waals surface area contributed by atoms with Gasteiger partial charge >= 0.3 is 0 Å². The van der Waals surface area contributed by atoms with Crippen LogP contribution in [0, 0.1) is 0 Å². The Morgan fingerprint density at radius 3 is 2.89 bits per heavy atom. The molecular weight excluding hydrogens is 298 g/mol. The summed E-state index contributed by atoms with van der Waals surface area (Å²) < 4.78 is 4.28. The SMILES string of the molecule is CCn1ncc(Br)c1CNC(=O)c1ccnn1C. The van der Waals surface area contributed by atoms with Gasteiger partial charge in [-0.1, -0.05) is 0 Å². The van der Waals surface area contributed by atoms with E-state index in [1.54, 1.807) is 30.2 Å².